The zero-order valence-corrected chi connectivity index (χ0v) is 19.7. The number of benzene rings is 3. The number of carbonyl (C=O) groups is 2. The molecule has 2 amide bonds. The Morgan fingerprint density at radius 2 is 1.83 bits per heavy atom. The molecule has 0 saturated carbocycles. The Balaban J connectivity index is 1.67. The molecule has 0 unspecified atom stereocenters. The molecule has 3 aromatic rings. The Morgan fingerprint density at radius 1 is 1.10 bits per heavy atom. The lowest BCUT2D eigenvalue weighted by atomic mass is 10.0. The van der Waals surface area contributed by atoms with Gasteiger partial charge in [-0.2, -0.15) is 0 Å². The van der Waals surface area contributed by atoms with E-state index in [0.717, 1.165) is 28.1 Å². The number of carbonyl (C=O) groups excluding carboxylic acids is 2. The molecule has 0 atom stereocenters. The van der Waals surface area contributed by atoms with Crippen molar-refractivity contribution < 1.29 is 19.4 Å². The van der Waals surface area contributed by atoms with E-state index in [1.807, 2.05) is 42.5 Å². The molecule has 1 saturated heterocycles. The number of rotatable bonds is 4. The molecule has 1 fully saturated rings. The summed E-state index contributed by atoms with van der Waals surface area (Å²) in [6.45, 7) is 0.202. The SMILES string of the molecule is COc1cc(/C=C2\SC(=O)N(Cc3cccc4ccccc34)C2=O)c(Br)c(Br)c1O. The summed E-state index contributed by atoms with van der Waals surface area (Å²) in [4.78, 5) is 27.1. The van der Waals surface area contributed by atoms with Crippen LogP contribution in [0.1, 0.15) is 11.1 Å². The predicted molar refractivity (Wildman–Crippen MR) is 126 cm³/mol. The van der Waals surface area contributed by atoms with Gasteiger partial charge in [-0.1, -0.05) is 42.5 Å². The number of methoxy groups -OCH3 is 1. The zero-order valence-electron chi connectivity index (χ0n) is 15.7. The summed E-state index contributed by atoms with van der Waals surface area (Å²) >= 11 is 7.60. The largest absolute Gasteiger partial charge is 0.503 e. The highest BCUT2D eigenvalue weighted by Crippen LogP contribution is 2.43. The van der Waals surface area contributed by atoms with E-state index in [2.05, 4.69) is 31.9 Å². The number of phenolic OH excluding ortho intramolecular Hbond substituents is 1. The number of imide groups is 1. The number of fused-ring (bicyclic) bond motifs is 1. The van der Waals surface area contributed by atoms with Gasteiger partial charge < -0.3 is 9.84 Å². The number of hydrogen-bond donors (Lipinski definition) is 1. The molecule has 0 aliphatic carbocycles. The van der Waals surface area contributed by atoms with E-state index in [0.29, 0.717) is 19.4 Å². The quantitative estimate of drug-likeness (QED) is 0.387. The number of hydrogen-bond acceptors (Lipinski definition) is 5. The highest BCUT2D eigenvalue weighted by Gasteiger charge is 2.35. The average molecular weight is 549 g/mol. The van der Waals surface area contributed by atoms with E-state index in [1.54, 1.807) is 12.1 Å². The van der Waals surface area contributed by atoms with Crippen molar-refractivity contribution in [3.05, 3.63) is 73.5 Å². The van der Waals surface area contributed by atoms with Crippen LogP contribution in [0.25, 0.3) is 16.8 Å². The first-order valence-corrected chi connectivity index (χ1v) is 11.3. The van der Waals surface area contributed by atoms with Crippen LogP contribution in [0.4, 0.5) is 4.79 Å². The van der Waals surface area contributed by atoms with Crippen LogP contribution in [0, 0.1) is 0 Å². The maximum absolute atomic E-state index is 13.0. The first-order chi connectivity index (χ1) is 14.4. The van der Waals surface area contributed by atoms with E-state index < -0.39 is 0 Å². The molecule has 1 aliphatic rings. The van der Waals surface area contributed by atoms with Crippen LogP contribution >= 0.6 is 43.6 Å². The third-order valence-corrected chi connectivity index (χ3v) is 7.83. The van der Waals surface area contributed by atoms with Crippen LogP contribution in [0.3, 0.4) is 0 Å². The van der Waals surface area contributed by atoms with Gasteiger partial charge in [-0.3, -0.25) is 14.5 Å². The number of ether oxygens (including phenoxy) is 1. The minimum absolute atomic E-state index is 0.0504. The smallest absolute Gasteiger partial charge is 0.293 e. The van der Waals surface area contributed by atoms with Gasteiger partial charge in [0.2, 0.25) is 0 Å². The molecule has 8 heteroatoms. The molecule has 30 heavy (non-hydrogen) atoms. The summed E-state index contributed by atoms with van der Waals surface area (Å²) < 4.78 is 6.14. The van der Waals surface area contributed by atoms with Gasteiger partial charge in [0.1, 0.15) is 0 Å². The molecule has 3 aromatic carbocycles. The van der Waals surface area contributed by atoms with Crippen LogP contribution in [-0.4, -0.2) is 28.3 Å². The van der Waals surface area contributed by atoms with Crippen LogP contribution in [-0.2, 0) is 11.3 Å². The fourth-order valence-electron chi connectivity index (χ4n) is 3.25. The second-order valence-corrected chi connectivity index (χ2v) is 9.13. The molecular weight excluding hydrogens is 534 g/mol. The van der Waals surface area contributed by atoms with Gasteiger partial charge in [0.15, 0.2) is 11.5 Å². The first kappa shape index (κ1) is 21.0. The number of halogens is 2. The van der Waals surface area contributed by atoms with Gasteiger partial charge in [0, 0.05) is 4.47 Å². The molecular formula is C22H15Br2NO4S. The van der Waals surface area contributed by atoms with Crippen molar-refractivity contribution in [2.24, 2.45) is 0 Å². The Morgan fingerprint density at radius 3 is 2.60 bits per heavy atom. The van der Waals surface area contributed by atoms with Crippen molar-refractivity contribution in [2.75, 3.05) is 7.11 Å². The molecule has 0 aromatic heterocycles. The first-order valence-electron chi connectivity index (χ1n) is 8.87. The van der Waals surface area contributed by atoms with Crippen LogP contribution < -0.4 is 4.74 Å². The molecule has 1 heterocycles. The lowest BCUT2D eigenvalue weighted by molar-refractivity contribution is -0.123. The molecule has 1 aliphatic heterocycles. The molecule has 4 rings (SSSR count). The van der Waals surface area contributed by atoms with Crippen molar-refractivity contribution >= 4 is 71.6 Å². The second-order valence-electron chi connectivity index (χ2n) is 6.55. The lowest BCUT2D eigenvalue weighted by Crippen LogP contribution is -2.27. The minimum Gasteiger partial charge on any atom is -0.503 e. The highest BCUT2D eigenvalue weighted by atomic mass is 79.9. The second kappa shape index (κ2) is 8.45. The number of amides is 2. The molecule has 0 bridgehead atoms. The van der Waals surface area contributed by atoms with E-state index in [4.69, 9.17) is 4.74 Å². The number of phenols is 1. The van der Waals surface area contributed by atoms with Crippen molar-refractivity contribution in [2.45, 2.75) is 6.54 Å². The Kier molecular flexibility index (Phi) is 5.90. The molecule has 5 nitrogen and oxygen atoms in total. The van der Waals surface area contributed by atoms with E-state index in [-0.39, 0.29) is 29.2 Å². The van der Waals surface area contributed by atoms with Gasteiger partial charge in [-0.25, -0.2) is 0 Å². The zero-order chi connectivity index (χ0) is 21.4. The molecule has 0 spiro atoms. The fourth-order valence-corrected chi connectivity index (χ4v) is 4.92. The fraction of sp³-hybridized carbons (Fsp3) is 0.0909. The summed E-state index contributed by atoms with van der Waals surface area (Å²) in [6, 6.07) is 15.3. The van der Waals surface area contributed by atoms with Crippen molar-refractivity contribution in [1.29, 1.82) is 0 Å². The summed E-state index contributed by atoms with van der Waals surface area (Å²) in [5, 5.41) is 11.8. The minimum atomic E-state index is -0.354. The normalized spacial score (nSPS) is 15.4. The number of thioether (sulfide) groups is 1. The Hall–Kier alpha value is -2.29. The van der Waals surface area contributed by atoms with Crippen molar-refractivity contribution in [3.8, 4) is 11.5 Å². The van der Waals surface area contributed by atoms with Gasteiger partial charge >= 0.3 is 0 Å². The van der Waals surface area contributed by atoms with Gasteiger partial charge in [0.25, 0.3) is 11.1 Å². The highest BCUT2D eigenvalue weighted by molar-refractivity contribution is 9.13. The topological polar surface area (TPSA) is 66.8 Å². The van der Waals surface area contributed by atoms with E-state index in [9.17, 15) is 14.7 Å². The molecule has 0 radical (unpaired) electrons. The standard InChI is InChI=1S/C22H15Br2NO4S/c1-29-16-9-14(18(23)19(24)20(16)26)10-17-21(27)25(22(28)30-17)11-13-7-4-6-12-5-2-3-8-15(12)13/h2-10,26H,11H2,1H3/b17-10-. The summed E-state index contributed by atoms with van der Waals surface area (Å²) in [6.07, 6.45) is 1.62. The van der Waals surface area contributed by atoms with Crippen LogP contribution in [0.2, 0.25) is 0 Å². The van der Waals surface area contributed by atoms with E-state index >= 15 is 0 Å². The third kappa shape index (κ3) is 3.75. The predicted octanol–water partition coefficient (Wildman–Crippen LogP) is 6.32. The lowest BCUT2D eigenvalue weighted by Gasteiger charge is -2.14. The summed E-state index contributed by atoms with van der Waals surface area (Å²) in [5.41, 5.74) is 1.51. The van der Waals surface area contributed by atoms with Crippen LogP contribution in [0.5, 0.6) is 11.5 Å². The van der Waals surface area contributed by atoms with Gasteiger partial charge in [0.05, 0.1) is 23.0 Å². The third-order valence-electron chi connectivity index (χ3n) is 4.76. The van der Waals surface area contributed by atoms with Crippen LogP contribution in [0.15, 0.2) is 62.4 Å². The summed E-state index contributed by atoms with van der Waals surface area (Å²) in [7, 11) is 1.44. The van der Waals surface area contributed by atoms with E-state index in [1.165, 1.54) is 12.0 Å². The Bertz CT molecular complexity index is 1220. The Labute approximate surface area is 194 Å². The number of aromatic hydroxyl groups is 1. The maximum atomic E-state index is 13.0. The summed E-state index contributed by atoms with van der Waals surface area (Å²) in [5.74, 6) is -0.148. The van der Waals surface area contributed by atoms with Crippen molar-refractivity contribution in [1.82, 2.24) is 4.90 Å². The molecule has 152 valence electrons. The van der Waals surface area contributed by atoms with Gasteiger partial charge in [-0.05, 0) is 77.7 Å². The average Bonchev–Trinajstić information content (AvgIpc) is 3.01. The maximum Gasteiger partial charge on any atom is 0.293 e. The number of nitrogens with zero attached hydrogens (tertiary/aromatic N) is 1. The van der Waals surface area contributed by atoms with Crippen molar-refractivity contribution in [3.63, 3.8) is 0 Å². The van der Waals surface area contributed by atoms with Gasteiger partial charge in [-0.15, -0.1) is 0 Å². The monoisotopic (exact) mass is 547 g/mol. The molecule has 1 N–H and O–H groups in total.